The first-order valence-electron chi connectivity index (χ1n) is 10.4. The fourth-order valence-electron chi connectivity index (χ4n) is 4.41. The van der Waals surface area contributed by atoms with Crippen LogP contribution in [-0.2, 0) is 0 Å². The summed E-state index contributed by atoms with van der Waals surface area (Å²) in [5.74, 6) is 0.367. The second-order valence-electron chi connectivity index (χ2n) is 8.16. The van der Waals surface area contributed by atoms with Crippen LogP contribution in [0.4, 0.5) is 5.82 Å². The first kappa shape index (κ1) is 18.8. The Labute approximate surface area is 175 Å². The number of hydrogen-bond acceptors (Lipinski definition) is 4. The van der Waals surface area contributed by atoms with E-state index in [2.05, 4.69) is 38.3 Å². The van der Waals surface area contributed by atoms with Gasteiger partial charge in [0.05, 0.1) is 5.52 Å². The van der Waals surface area contributed by atoms with Crippen LogP contribution >= 0.6 is 0 Å². The number of fused-ring (bicyclic) bond motifs is 2. The van der Waals surface area contributed by atoms with Gasteiger partial charge < -0.3 is 10.3 Å². The molecule has 1 fully saturated rings. The van der Waals surface area contributed by atoms with E-state index < -0.39 is 0 Å². The minimum atomic E-state index is -0.175. The van der Waals surface area contributed by atoms with Crippen molar-refractivity contribution < 1.29 is 4.79 Å². The Bertz CT molecular complexity index is 1250. The van der Waals surface area contributed by atoms with E-state index in [0.29, 0.717) is 17.4 Å². The Balaban J connectivity index is 1.40. The Hall–Kier alpha value is -3.25. The molecule has 4 heterocycles. The maximum atomic E-state index is 12.8. The molecule has 1 atom stereocenters. The highest BCUT2D eigenvalue weighted by molar-refractivity contribution is 6.06. The van der Waals surface area contributed by atoms with Crippen molar-refractivity contribution in [2.75, 3.05) is 18.9 Å². The number of amides is 1. The van der Waals surface area contributed by atoms with Crippen molar-refractivity contribution in [2.45, 2.75) is 32.2 Å². The first-order chi connectivity index (χ1) is 14.6. The zero-order chi connectivity index (χ0) is 20.7. The third-order valence-corrected chi connectivity index (χ3v) is 6.12. The lowest BCUT2D eigenvalue weighted by atomic mass is 10.0. The largest absolute Gasteiger partial charge is 0.357 e. The smallest absolute Gasteiger partial charge is 0.256 e. The van der Waals surface area contributed by atoms with Gasteiger partial charge in [0.1, 0.15) is 5.82 Å². The summed E-state index contributed by atoms with van der Waals surface area (Å²) < 4.78 is 0. The van der Waals surface area contributed by atoms with Crippen molar-refractivity contribution in [3.8, 4) is 0 Å². The normalized spacial score (nSPS) is 17.5. The number of rotatable bonds is 3. The molecular formula is C24H25N5O. The molecule has 6 nitrogen and oxygen atoms in total. The lowest BCUT2D eigenvalue weighted by molar-refractivity contribution is 0.102. The molecular weight excluding hydrogens is 374 g/mol. The van der Waals surface area contributed by atoms with Gasteiger partial charge in [0.2, 0.25) is 0 Å². The van der Waals surface area contributed by atoms with E-state index >= 15 is 0 Å². The predicted octanol–water partition coefficient (Wildman–Crippen LogP) is 4.83. The molecule has 3 aromatic heterocycles. The van der Waals surface area contributed by atoms with E-state index in [9.17, 15) is 4.79 Å². The van der Waals surface area contributed by atoms with Crippen molar-refractivity contribution in [1.82, 2.24) is 19.9 Å². The highest BCUT2D eigenvalue weighted by Crippen LogP contribution is 2.31. The number of piperidine rings is 1. The molecule has 0 aliphatic carbocycles. The van der Waals surface area contributed by atoms with Gasteiger partial charge in [0.15, 0.2) is 0 Å². The van der Waals surface area contributed by atoms with Gasteiger partial charge in [-0.15, -0.1) is 0 Å². The van der Waals surface area contributed by atoms with Crippen molar-refractivity contribution in [3.05, 3.63) is 65.7 Å². The van der Waals surface area contributed by atoms with E-state index in [1.807, 2.05) is 43.5 Å². The number of aromatic amines is 1. The van der Waals surface area contributed by atoms with Crippen molar-refractivity contribution >= 4 is 33.4 Å². The summed E-state index contributed by atoms with van der Waals surface area (Å²) in [5, 5.41) is 6.06. The zero-order valence-corrected chi connectivity index (χ0v) is 17.3. The van der Waals surface area contributed by atoms with Gasteiger partial charge in [-0.05, 0) is 63.0 Å². The monoisotopic (exact) mass is 399 g/mol. The Morgan fingerprint density at radius 3 is 2.90 bits per heavy atom. The molecule has 152 valence electrons. The lowest BCUT2D eigenvalue weighted by Gasteiger charge is -2.31. The third-order valence-electron chi connectivity index (χ3n) is 6.12. The molecule has 4 aromatic rings. The molecule has 1 amide bonds. The predicted molar refractivity (Wildman–Crippen MR) is 120 cm³/mol. The molecule has 0 spiro atoms. The summed E-state index contributed by atoms with van der Waals surface area (Å²) in [6, 6.07) is 12.1. The average molecular weight is 399 g/mol. The van der Waals surface area contributed by atoms with Crippen LogP contribution in [0.2, 0.25) is 0 Å². The number of carbonyl (C=O) groups excluding carboxylic acids is 1. The second kappa shape index (κ2) is 7.54. The highest BCUT2D eigenvalue weighted by atomic mass is 16.1. The molecule has 2 N–H and O–H groups in total. The molecule has 0 radical (unpaired) electrons. The van der Waals surface area contributed by atoms with Crippen LogP contribution in [0.5, 0.6) is 0 Å². The Morgan fingerprint density at radius 1 is 1.13 bits per heavy atom. The van der Waals surface area contributed by atoms with Crippen LogP contribution in [0, 0.1) is 6.92 Å². The number of H-pyrrole nitrogens is 1. The molecule has 1 saturated heterocycles. The number of pyridine rings is 2. The number of likely N-dealkylation sites (tertiary alicyclic amines) is 1. The van der Waals surface area contributed by atoms with Crippen molar-refractivity contribution in [1.29, 1.82) is 0 Å². The zero-order valence-electron chi connectivity index (χ0n) is 17.3. The van der Waals surface area contributed by atoms with Crippen LogP contribution in [0.15, 0.2) is 48.8 Å². The fourth-order valence-corrected chi connectivity index (χ4v) is 4.41. The number of nitrogens with zero attached hydrogens (tertiary/aromatic N) is 3. The molecule has 1 aromatic carbocycles. The molecule has 30 heavy (non-hydrogen) atoms. The standard InChI is InChI=1S/C24H25N5O/c1-15-19-11-17(7-6-16(19)8-9-25-15)24(30)28-23-13-20-18(14-26-23)12-21(27-20)22-5-3-4-10-29(22)2/h6-9,11-14,22,27H,3-5,10H2,1-2H3,(H,26,28,30)/t22-/m1/s1. The maximum Gasteiger partial charge on any atom is 0.256 e. The summed E-state index contributed by atoms with van der Waals surface area (Å²) >= 11 is 0. The highest BCUT2D eigenvalue weighted by Gasteiger charge is 2.22. The van der Waals surface area contributed by atoms with Crippen LogP contribution < -0.4 is 5.32 Å². The molecule has 0 saturated carbocycles. The summed E-state index contributed by atoms with van der Waals surface area (Å²) in [5.41, 5.74) is 3.72. The number of nitrogens with one attached hydrogen (secondary N) is 2. The second-order valence-corrected chi connectivity index (χ2v) is 8.16. The van der Waals surface area contributed by atoms with Gasteiger partial charge in [0.25, 0.3) is 5.91 Å². The van der Waals surface area contributed by atoms with Crippen LogP contribution in [0.25, 0.3) is 21.7 Å². The fraction of sp³-hybridized carbons (Fsp3) is 0.292. The van der Waals surface area contributed by atoms with E-state index in [1.54, 1.807) is 6.20 Å². The van der Waals surface area contributed by atoms with E-state index in [4.69, 9.17) is 0 Å². The number of benzene rings is 1. The van der Waals surface area contributed by atoms with Gasteiger partial charge in [-0.2, -0.15) is 0 Å². The Kier molecular flexibility index (Phi) is 4.71. The molecule has 6 heteroatoms. The summed E-state index contributed by atoms with van der Waals surface area (Å²) in [6.45, 7) is 3.08. The van der Waals surface area contributed by atoms with Crippen LogP contribution in [0.1, 0.15) is 47.1 Å². The van der Waals surface area contributed by atoms with Crippen molar-refractivity contribution in [2.24, 2.45) is 0 Å². The van der Waals surface area contributed by atoms with Gasteiger partial charge in [-0.25, -0.2) is 4.98 Å². The molecule has 5 rings (SSSR count). The topological polar surface area (TPSA) is 73.9 Å². The van der Waals surface area contributed by atoms with E-state index in [1.165, 1.54) is 18.5 Å². The number of aryl methyl sites for hydroxylation is 1. The first-order valence-corrected chi connectivity index (χ1v) is 10.4. The van der Waals surface area contributed by atoms with Crippen LogP contribution in [-0.4, -0.2) is 39.4 Å². The summed E-state index contributed by atoms with van der Waals surface area (Å²) in [6.07, 6.45) is 7.28. The van der Waals surface area contributed by atoms with Gasteiger partial charge in [-0.3, -0.25) is 14.7 Å². The summed E-state index contributed by atoms with van der Waals surface area (Å²) in [7, 11) is 2.18. The number of anilines is 1. The number of aromatic nitrogens is 3. The lowest BCUT2D eigenvalue weighted by Crippen LogP contribution is -2.29. The Morgan fingerprint density at radius 2 is 2.03 bits per heavy atom. The molecule has 0 bridgehead atoms. The number of hydrogen-bond donors (Lipinski definition) is 2. The third kappa shape index (κ3) is 3.44. The molecule has 1 aliphatic rings. The van der Waals surface area contributed by atoms with E-state index in [0.717, 1.165) is 40.3 Å². The average Bonchev–Trinajstić information content (AvgIpc) is 3.17. The van der Waals surface area contributed by atoms with Gasteiger partial charge in [-0.1, -0.05) is 12.5 Å². The van der Waals surface area contributed by atoms with Gasteiger partial charge >= 0.3 is 0 Å². The van der Waals surface area contributed by atoms with Gasteiger partial charge in [0, 0.05) is 52.2 Å². The number of carbonyl (C=O) groups is 1. The molecule has 0 unspecified atom stereocenters. The maximum absolute atomic E-state index is 12.8. The van der Waals surface area contributed by atoms with Crippen LogP contribution in [0.3, 0.4) is 0 Å². The van der Waals surface area contributed by atoms with E-state index in [-0.39, 0.29) is 5.91 Å². The summed E-state index contributed by atoms with van der Waals surface area (Å²) in [4.78, 5) is 27.5. The SMILES string of the molecule is Cc1nccc2ccc(C(=O)Nc3cc4[nH]c([C@H]5CCCCN5C)cc4cn3)cc12. The minimum absolute atomic E-state index is 0.175. The molecule has 1 aliphatic heterocycles. The quantitative estimate of drug-likeness (QED) is 0.518. The van der Waals surface area contributed by atoms with Crippen molar-refractivity contribution in [3.63, 3.8) is 0 Å². The minimum Gasteiger partial charge on any atom is -0.357 e.